The molecule has 1 unspecified atom stereocenters. The van der Waals surface area contributed by atoms with Gasteiger partial charge >= 0.3 is 6.61 Å². The number of alkyl halides is 2. The van der Waals surface area contributed by atoms with Crippen molar-refractivity contribution in [3.63, 3.8) is 0 Å². The third-order valence-electron chi connectivity index (χ3n) is 4.76. The Balaban J connectivity index is 1.61. The lowest BCUT2D eigenvalue weighted by molar-refractivity contribution is -0.115. The normalized spacial score (nSPS) is 11.9. The SMILES string of the molecule is CC(Sc1nnc(-c2ccccc2)n1-c1ccc(F)cc1)C(=O)Nc1ccccc1OC(F)F. The van der Waals surface area contributed by atoms with E-state index in [-0.39, 0.29) is 17.3 Å². The van der Waals surface area contributed by atoms with Gasteiger partial charge in [0.05, 0.1) is 10.9 Å². The number of amides is 1. The highest BCUT2D eigenvalue weighted by Gasteiger charge is 2.23. The van der Waals surface area contributed by atoms with Crippen LogP contribution in [0.2, 0.25) is 0 Å². The minimum Gasteiger partial charge on any atom is -0.433 e. The van der Waals surface area contributed by atoms with Gasteiger partial charge in [0.2, 0.25) is 5.91 Å². The highest BCUT2D eigenvalue weighted by atomic mass is 32.2. The fourth-order valence-electron chi connectivity index (χ4n) is 3.16. The third kappa shape index (κ3) is 5.40. The number of thioether (sulfide) groups is 1. The first-order valence-electron chi connectivity index (χ1n) is 10.2. The van der Waals surface area contributed by atoms with E-state index in [0.717, 1.165) is 17.3 Å². The number of carbonyl (C=O) groups excluding carboxylic acids is 1. The summed E-state index contributed by atoms with van der Waals surface area (Å²) in [4.78, 5) is 12.8. The number of aromatic nitrogens is 3. The van der Waals surface area contributed by atoms with Crippen molar-refractivity contribution in [1.29, 1.82) is 0 Å². The van der Waals surface area contributed by atoms with Crippen molar-refractivity contribution in [2.45, 2.75) is 23.9 Å². The summed E-state index contributed by atoms with van der Waals surface area (Å²) in [7, 11) is 0. The molecule has 4 rings (SSSR count). The maximum absolute atomic E-state index is 13.5. The van der Waals surface area contributed by atoms with Gasteiger partial charge in [-0.15, -0.1) is 10.2 Å². The average molecular weight is 485 g/mol. The van der Waals surface area contributed by atoms with Crippen LogP contribution in [0.25, 0.3) is 17.1 Å². The highest BCUT2D eigenvalue weighted by molar-refractivity contribution is 8.00. The molecule has 34 heavy (non-hydrogen) atoms. The largest absolute Gasteiger partial charge is 0.433 e. The molecule has 4 aromatic rings. The predicted molar refractivity (Wildman–Crippen MR) is 124 cm³/mol. The lowest BCUT2D eigenvalue weighted by atomic mass is 10.2. The molecule has 0 saturated heterocycles. The number of hydrogen-bond donors (Lipinski definition) is 1. The fourth-order valence-corrected chi connectivity index (χ4v) is 4.03. The first kappa shape index (κ1) is 23.4. The lowest BCUT2D eigenvalue weighted by Gasteiger charge is -2.15. The third-order valence-corrected chi connectivity index (χ3v) is 5.81. The van der Waals surface area contributed by atoms with E-state index in [1.54, 1.807) is 29.7 Å². The fraction of sp³-hybridized carbons (Fsp3) is 0.125. The van der Waals surface area contributed by atoms with Crippen LogP contribution in [0.3, 0.4) is 0 Å². The summed E-state index contributed by atoms with van der Waals surface area (Å²) in [6.45, 7) is -1.36. The van der Waals surface area contributed by atoms with E-state index in [0.29, 0.717) is 16.7 Å². The molecule has 0 fully saturated rings. The zero-order valence-electron chi connectivity index (χ0n) is 17.9. The van der Waals surface area contributed by atoms with E-state index >= 15 is 0 Å². The zero-order chi connectivity index (χ0) is 24.1. The summed E-state index contributed by atoms with van der Waals surface area (Å²) in [5.41, 5.74) is 1.54. The molecule has 1 heterocycles. The van der Waals surface area contributed by atoms with E-state index in [2.05, 4.69) is 20.3 Å². The Morgan fingerprint density at radius 2 is 1.65 bits per heavy atom. The van der Waals surface area contributed by atoms with E-state index in [1.807, 2.05) is 30.3 Å². The molecular weight excluding hydrogens is 465 g/mol. The van der Waals surface area contributed by atoms with E-state index in [9.17, 15) is 18.0 Å². The Kier molecular flexibility index (Phi) is 7.17. The van der Waals surface area contributed by atoms with Crippen molar-refractivity contribution in [1.82, 2.24) is 14.8 Å². The van der Waals surface area contributed by atoms with Crippen molar-refractivity contribution >= 4 is 23.4 Å². The van der Waals surface area contributed by atoms with Crippen molar-refractivity contribution < 1.29 is 22.7 Å². The molecule has 3 aromatic carbocycles. The molecule has 10 heteroatoms. The molecule has 0 radical (unpaired) electrons. The van der Waals surface area contributed by atoms with Gasteiger partial charge in [-0.2, -0.15) is 8.78 Å². The summed E-state index contributed by atoms with van der Waals surface area (Å²) in [5, 5.41) is 10.9. The van der Waals surface area contributed by atoms with Crippen LogP contribution < -0.4 is 10.1 Å². The van der Waals surface area contributed by atoms with E-state index < -0.39 is 17.8 Å². The number of carbonyl (C=O) groups is 1. The van der Waals surface area contributed by atoms with Gasteiger partial charge in [-0.25, -0.2) is 4.39 Å². The molecule has 0 aliphatic heterocycles. The highest BCUT2D eigenvalue weighted by Crippen LogP contribution is 2.32. The Labute approximate surface area is 197 Å². The van der Waals surface area contributed by atoms with Gasteiger partial charge in [-0.3, -0.25) is 9.36 Å². The van der Waals surface area contributed by atoms with Gasteiger partial charge < -0.3 is 10.1 Å². The number of rotatable bonds is 8. The Hall–Kier alpha value is -3.79. The Morgan fingerprint density at radius 1 is 0.971 bits per heavy atom. The molecule has 0 aliphatic rings. The van der Waals surface area contributed by atoms with Crippen LogP contribution in [0.15, 0.2) is 84.0 Å². The van der Waals surface area contributed by atoms with Gasteiger partial charge in [-0.1, -0.05) is 54.2 Å². The number of benzene rings is 3. The molecule has 1 amide bonds. The number of nitrogens with zero attached hydrogens (tertiary/aromatic N) is 3. The van der Waals surface area contributed by atoms with Crippen LogP contribution >= 0.6 is 11.8 Å². The minimum atomic E-state index is -3.02. The van der Waals surface area contributed by atoms with Gasteiger partial charge in [0.25, 0.3) is 0 Å². The lowest BCUT2D eigenvalue weighted by Crippen LogP contribution is -2.23. The van der Waals surface area contributed by atoms with Crippen LogP contribution in [-0.2, 0) is 4.79 Å². The first-order valence-corrected chi connectivity index (χ1v) is 11.1. The van der Waals surface area contributed by atoms with Crippen molar-refractivity contribution in [3.05, 3.63) is 84.7 Å². The summed E-state index contributed by atoms with van der Waals surface area (Å²) in [6, 6.07) is 21.1. The Bertz CT molecular complexity index is 1270. The summed E-state index contributed by atoms with van der Waals surface area (Å²) in [5.74, 6) is -0.433. The maximum atomic E-state index is 13.5. The summed E-state index contributed by atoms with van der Waals surface area (Å²) < 4.78 is 45.1. The molecule has 1 N–H and O–H groups in total. The average Bonchev–Trinajstić information content (AvgIpc) is 3.24. The second-order valence-corrected chi connectivity index (χ2v) is 8.42. The first-order chi connectivity index (χ1) is 16.4. The molecule has 0 aliphatic carbocycles. The molecule has 0 bridgehead atoms. The van der Waals surface area contributed by atoms with Gasteiger partial charge in [-0.05, 0) is 43.3 Å². The summed E-state index contributed by atoms with van der Waals surface area (Å²) in [6.07, 6.45) is 0. The second-order valence-electron chi connectivity index (χ2n) is 7.11. The topological polar surface area (TPSA) is 69.0 Å². The molecular formula is C24H19F3N4O2S. The van der Waals surface area contributed by atoms with Gasteiger partial charge in [0.1, 0.15) is 11.6 Å². The summed E-state index contributed by atoms with van der Waals surface area (Å²) >= 11 is 1.13. The van der Waals surface area contributed by atoms with Crippen LogP contribution in [0.4, 0.5) is 18.9 Å². The molecule has 6 nitrogen and oxygen atoms in total. The van der Waals surface area contributed by atoms with Gasteiger partial charge in [0.15, 0.2) is 11.0 Å². The standard InChI is InChI=1S/C24H19F3N4O2S/c1-15(22(32)28-19-9-5-6-10-20(19)33-23(26)27)34-24-30-29-21(16-7-3-2-4-8-16)31(24)18-13-11-17(25)12-14-18/h2-15,23H,1H3,(H,28,32). The predicted octanol–water partition coefficient (Wildman–Crippen LogP) is 5.79. The number of anilines is 1. The Morgan fingerprint density at radius 3 is 2.35 bits per heavy atom. The van der Waals surface area contributed by atoms with Crippen molar-refractivity contribution in [2.24, 2.45) is 0 Å². The number of nitrogens with one attached hydrogen (secondary N) is 1. The molecule has 0 spiro atoms. The van der Waals surface area contributed by atoms with Crippen LogP contribution in [0.5, 0.6) is 5.75 Å². The van der Waals surface area contributed by atoms with Crippen LogP contribution in [0, 0.1) is 5.82 Å². The number of halogens is 3. The monoisotopic (exact) mass is 484 g/mol. The molecule has 1 aromatic heterocycles. The minimum absolute atomic E-state index is 0.130. The zero-order valence-corrected chi connectivity index (χ0v) is 18.7. The van der Waals surface area contributed by atoms with E-state index in [4.69, 9.17) is 0 Å². The quantitative estimate of drug-likeness (QED) is 0.321. The van der Waals surface area contributed by atoms with Crippen molar-refractivity contribution in [3.8, 4) is 22.8 Å². The molecule has 0 saturated carbocycles. The number of ether oxygens (including phenoxy) is 1. The maximum Gasteiger partial charge on any atom is 0.387 e. The molecule has 1 atom stereocenters. The smallest absolute Gasteiger partial charge is 0.387 e. The van der Waals surface area contributed by atoms with Crippen LogP contribution in [0.1, 0.15) is 6.92 Å². The van der Waals surface area contributed by atoms with E-state index in [1.165, 1.54) is 30.3 Å². The van der Waals surface area contributed by atoms with Gasteiger partial charge in [0, 0.05) is 11.3 Å². The van der Waals surface area contributed by atoms with Crippen LogP contribution in [-0.4, -0.2) is 32.5 Å². The number of para-hydroxylation sites is 2. The van der Waals surface area contributed by atoms with Crippen molar-refractivity contribution in [2.75, 3.05) is 5.32 Å². The number of hydrogen-bond acceptors (Lipinski definition) is 5. The molecule has 174 valence electrons. The second kappa shape index (κ2) is 10.4.